The highest BCUT2D eigenvalue weighted by molar-refractivity contribution is 5.92. The van der Waals surface area contributed by atoms with Gasteiger partial charge in [0, 0.05) is 19.6 Å². The Hall–Kier alpha value is -1.62. The molecule has 5 nitrogen and oxygen atoms in total. The van der Waals surface area contributed by atoms with Crippen molar-refractivity contribution >= 4 is 11.7 Å². The third kappa shape index (κ3) is 5.17. The molecule has 0 atom stereocenters. The fourth-order valence-corrected chi connectivity index (χ4v) is 1.98. The SMILES string of the molecule is CCNc1cccc(C(=O)N(CC)CCCN(C)C)n1. The van der Waals surface area contributed by atoms with Crippen LogP contribution in [0.4, 0.5) is 5.82 Å². The van der Waals surface area contributed by atoms with E-state index in [4.69, 9.17) is 0 Å². The summed E-state index contributed by atoms with van der Waals surface area (Å²) in [5, 5.41) is 3.13. The maximum atomic E-state index is 12.4. The molecular formula is C15H26N4O. The third-order valence-corrected chi connectivity index (χ3v) is 3.03. The van der Waals surface area contributed by atoms with Crippen molar-refractivity contribution in [3.05, 3.63) is 23.9 Å². The minimum absolute atomic E-state index is 0.00556. The molecule has 0 radical (unpaired) electrons. The molecule has 112 valence electrons. The van der Waals surface area contributed by atoms with E-state index < -0.39 is 0 Å². The second-order valence-electron chi connectivity index (χ2n) is 4.98. The van der Waals surface area contributed by atoms with E-state index in [-0.39, 0.29) is 5.91 Å². The summed E-state index contributed by atoms with van der Waals surface area (Å²) in [6.45, 7) is 7.26. The number of nitrogens with zero attached hydrogens (tertiary/aromatic N) is 3. The van der Waals surface area contributed by atoms with Gasteiger partial charge in [0.15, 0.2) is 0 Å². The lowest BCUT2D eigenvalue weighted by Crippen LogP contribution is -2.33. The largest absolute Gasteiger partial charge is 0.370 e. The maximum Gasteiger partial charge on any atom is 0.272 e. The summed E-state index contributed by atoms with van der Waals surface area (Å²) in [7, 11) is 4.08. The van der Waals surface area contributed by atoms with Crippen LogP contribution < -0.4 is 5.32 Å². The predicted octanol–water partition coefficient (Wildman–Crippen LogP) is 1.93. The van der Waals surface area contributed by atoms with E-state index in [0.29, 0.717) is 12.2 Å². The zero-order valence-corrected chi connectivity index (χ0v) is 13.0. The van der Waals surface area contributed by atoms with Gasteiger partial charge in [-0.25, -0.2) is 4.98 Å². The maximum absolute atomic E-state index is 12.4. The van der Waals surface area contributed by atoms with Gasteiger partial charge < -0.3 is 15.1 Å². The first-order valence-corrected chi connectivity index (χ1v) is 7.23. The van der Waals surface area contributed by atoms with Gasteiger partial charge in [-0.05, 0) is 53.0 Å². The van der Waals surface area contributed by atoms with Crippen molar-refractivity contribution in [2.75, 3.05) is 45.6 Å². The van der Waals surface area contributed by atoms with Gasteiger partial charge in [0.05, 0.1) is 0 Å². The van der Waals surface area contributed by atoms with Crippen LogP contribution in [0, 0.1) is 0 Å². The molecule has 0 aliphatic rings. The number of rotatable bonds is 8. The number of pyridine rings is 1. The minimum Gasteiger partial charge on any atom is -0.370 e. The van der Waals surface area contributed by atoms with Crippen LogP contribution in [0.25, 0.3) is 0 Å². The summed E-state index contributed by atoms with van der Waals surface area (Å²) in [5.41, 5.74) is 0.509. The molecule has 1 amide bonds. The van der Waals surface area contributed by atoms with E-state index in [1.165, 1.54) is 0 Å². The van der Waals surface area contributed by atoms with Crippen molar-refractivity contribution in [1.82, 2.24) is 14.8 Å². The third-order valence-electron chi connectivity index (χ3n) is 3.03. The van der Waals surface area contributed by atoms with Crippen LogP contribution >= 0.6 is 0 Å². The summed E-state index contributed by atoms with van der Waals surface area (Å²) < 4.78 is 0. The molecule has 0 aliphatic carbocycles. The summed E-state index contributed by atoms with van der Waals surface area (Å²) in [6.07, 6.45) is 0.972. The second kappa shape index (κ2) is 8.53. The molecule has 0 saturated heterocycles. The average molecular weight is 278 g/mol. The van der Waals surface area contributed by atoms with Crippen LogP contribution in [0.5, 0.6) is 0 Å². The Balaban J connectivity index is 2.67. The Labute approximate surface area is 122 Å². The molecule has 1 aromatic rings. The fraction of sp³-hybridized carbons (Fsp3) is 0.600. The lowest BCUT2D eigenvalue weighted by Gasteiger charge is -2.21. The van der Waals surface area contributed by atoms with Crippen LogP contribution in [0.15, 0.2) is 18.2 Å². The van der Waals surface area contributed by atoms with E-state index in [2.05, 4.69) is 15.2 Å². The van der Waals surface area contributed by atoms with Crippen LogP contribution in [-0.2, 0) is 0 Å². The number of nitrogens with one attached hydrogen (secondary N) is 1. The second-order valence-corrected chi connectivity index (χ2v) is 4.98. The number of carbonyl (C=O) groups excluding carboxylic acids is 1. The quantitative estimate of drug-likeness (QED) is 0.789. The number of hydrogen-bond donors (Lipinski definition) is 1. The van der Waals surface area contributed by atoms with Gasteiger partial charge in [0.25, 0.3) is 5.91 Å². The van der Waals surface area contributed by atoms with E-state index in [1.807, 2.05) is 45.0 Å². The predicted molar refractivity (Wildman–Crippen MR) is 83.1 cm³/mol. The molecular weight excluding hydrogens is 252 g/mol. The highest BCUT2D eigenvalue weighted by atomic mass is 16.2. The monoisotopic (exact) mass is 278 g/mol. The van der Waals surface area contributed by atoms with Crippen molar-refractivity contribution in [3.63, 3.8) is 0 Å². The molecule has 20 heavy (non-hydrogen) atoms. The molecule has 0 aromatic carbocycles. The zero-order valence-electron chi connectivity index (χ0n) is 13.0. The minimum atomic E-state index is 0.00556. The molecule has 1 heterocycles. The Morgan fingerprint density at radius 1 is 1.25 bits per heavy atom. The Bertz CT molecular complexity index is 420. The van der Waals surface area contributed by atoms with E-state index in [0.717, 1.165) is 31.9 Å². The lowest BCUT2D eigenvalue weighted by atomic mass is 10.2. The van der Waals surface area contributed by atoms with Crippen LogP contribution in [0.3, 0.4) is 0 Å². The van der Waals surface area contributed by atoms with Crippen molar-refractivity contribution in [2.24, 2.45) is 0 Å². The number of amides is 1. The first-order chi connectivity index (χ1) is 9.58. The first-order valence-electron chi connectivity index (χ1n) is 7.23. The molecule has 0 spiro atoms. The lowest BCUT2D eigenvalue weighted by molar-refractivity contribution is 0.0753. The first kappa shape index (κ1) is 16.4. The number of hydrogen-bond acceptors (Lipinski definition) is 4. The Kier molecular flexibility index (Phi) is 7.01. The van der Waals surface area contributed by atoms with Gasteiger partial charge in [-0.3, -0.25) is 4.79 Å². The van der Waals surface area contributed by atoms with Gasteiger partial charge in [-0.2, -0.15) is 0 Å². The van der Waals surface area contributed by atoms with Crippen molar-refractivity contribution in [1.29, 1.82) is 0 Å². The Morgan fingerprint density at radius 3 is 2.60 bits per heavy atom. The molecule has 0 bridgehead atoms. The Morgan fingerprint density at radius 2 is 2.00 bits per heavy atom. The highest BCUT2D eigenvalue weighted by Crippen LogP contribution is 2.08. The molecule has 1 rings (SSSR count). The summed E-state index contributed by atoms with van der Waals surface area (Å²) in [6, 6.07) is 5.52. The topological polar surface area (TPSA) is 48.5 Å². The average Bonchev–Trinajstić information content (AvgIpc) is 2.43. The smallest absolute Gasteiger partial charge is 0.272 e. The standard InChI is InChI=1S/C15H26N4O/c1-5-16-14-10-7-9-13(17-14)15(20)19(6-2)12-8-11-18(3)4/h7,9-10H,5-6,8,11-12H2,1-4H3,(H,16,17). The molecule has 5 heteroatoms. The highest BCUT2D eigenvalue weighted by Gasteiger charge is 2.15. The summed E-state index contributed by atoms with van der Waals surface area (Å²) >= 11 is 0. The van der Waals surface area contributed by atoms with Crippen molar-refractivity contribution in [3.8, 4) is 0 Å². The van der Waals surface area contributed by atoms with Gasteiger partial charge in [-0.1, -0.05) is 6.07 Å². The summed E-state index contributed by atoms with van der Waals surface area (Å²) in [4.78, 5) is 20.8. The van der Waals surface area contributed by atoms with Crippen molar-refractivity contribution in [2.45, 2.75) is 20.3 Å². The molecule has 1 aromatic heterocycles. The fourth-order valence-electron chi connectivity index (χ4n) is 1.98. The molecule has 0 fully saturated rings. The van der Waals surface area contributed by atoms with Crippen LogP contribution in [0.2, 0.25) is 0 Å². The van der Waals surface area contributed by atoms with Crippen LogP contribution in [-0.4, -0.2) is 61.0 Å². The normalized spacial score (nSPS) is 10.7. The van der Waals surface area contributed by atoms with Gasteiger partial charge in [0.2, 0.25) is 0 Å². The molecule has 0 saturated carbocycles. The van der Waals surface area contributed by atoms with E-state index in [1.54, 1.807) is 6.07 Å². The van der Waals surface area contributed by atoms with E-state index >= 15 is 0 Å². The van der Waals surface area contributed by atoms with Gasteiger partial charge in [-0.15, -0.1) is 0 Å². The molecule has 0 aliphatic heterocycles. The summed E-state index contributed by atoms with van der Waals surface area (Å²) in [5.74, 6) is 0.758. The van der Waals surface area contributed by atoms with Gasteiger partial charge in [0.1, 0.15) is 11.5 Å². The van der Waals surface area contributed by atoms with Crippen LogP contribution in [0.1, 0.15) is 30.8 Å². The van der Waals surface area contributed by atoms with E-state index in [9.17, 15) is 4.79 Å². The molecule has 0 unspecified atom stereocenters. The number of anilines is 1. The van der Waals surface area contributed by atoms with Gasteiger partial charge >= 0.3 is 0 Å². The number of carbonyl (C=O) groups is 1. The molecule has 1 N–H and O–H groups in total. The number of aromatic nitrogens is 1. The zero-order chi connectivity index (χ0) is 15.0. The van der Waals surface area contributed by atoms with Crippen molar-refractivity contribution < 1.29 is 4.79 Å².